The van der Waals surface area contributed by atoms with Gasteiger partial charge in [-0.1, -0.05) is 42.5 Å². The fourth-order valence-electron chi connectivity index (χ4n) is 3.76. The van der Waals surface area contributed by atoms with Crippen molar-refractivity contribution in [2.24, 2.45) is 0 Å². The zero-order valence-corrected chi connectivity index (χ0v) is 19.0. The van der Waals surface area contributed by atoms with Gasteiger partial charge in [0.05, 0.1) is 23.9 Å². The number of carbonyl (C=O) groups excluding carboxylic acids is 4. The van der Waals surface area contributed by atoms with Gasteiger partial charge >= 0.3 is 5.97 Å². The molecular formula is C26H25N3O6. The number of carbonyl (C=O) groups is 4. The lowest BCUT2D eigenvalue weighted by Crippen LogP contribution is -2.51. The fourth-order valence-corrected chi connectivity index (χ4v) is 3.76. The average Bonchev–Trinajstić information content (AvgIpc) is 3.43. The fraction of sp³-hybridized carbons (Fsp3) is 0.231. The summed E-state index contributed by atoms with van der Waals surface area (Å²) in [6.07, 6.45) is 1.60. The molecule has 9 heteroatoms. The van der Waals surface area contributed by atoms with Gasteiger partial charge < -0.3 is 24.3 Å². The number of ether oxygens (including phenoxy) is 1. The topological polar surface area (TPSA) is 109 Å². The van der Waals surface area contributed by atoms with Crippen LogP contribution in [0.15, 0.2) is 77.4 Å². The van der Waals surface area contributed by atoms with Crippen molar-refractivity contribution in [1.82, 2.24) is 9.80 Å². The second-order valence-electron chi connectivity index (χ2n) is 7.98. The van der Waals surface area contributed by atoms with E-state index in [1.165, 1.54) is 12.3 Å². The molecular weight excluding hydrogens is 450 g/mol. The zero-order valence-electron chi connectivity index (χ0n) is 19.0. The molecule has 0 saturated carbocycles. The lowest BCUT2D eigenvalue weighted by molar-refractivity contribution is -0.136. The van der Waals surface area contributed by atoms with Crippen molar-refractivity contribution in [2.45, 2.75) is 6.42 Å². The van der Waals surface area contributed by atoms with E-state index in [2.05, 4.69) is 5.32 Å². The van der Waals surface area contributed by atoms with Crippen LogP contribution in [0.4, 0.5) is 5.69 Å². The molecule has 35 heavy (non-hydrogen) atoms. The minimum absolute atomic E-state index is 0.163. The number of nitrogens with one attached hydrogen (secondary N) is 1. The van der Waals surface area contributed by atoms with E-state index in [1.807, 2.05) is 30.3 Å². The number of hydrogen-bond acceptors (Lipinski definition) is 6. The minimum atomic E-state index is -0.708. The Hall–Kier alpha value is -4.40. The Labute approximate surface area is 202 Å². The molecule has 4 rings (SSSR count). The van der Waals surface area contributed by atoms with Crippen LogP contribution in [0.5, 0.6) is 0 Å². The molecule has 2 aromatic carbocycles. The van der Waals surface area contributed by atoms with E-state index >= 15 is 0 Å². The van der Waals surface area contributed by atoms with Gasteiger partial charge in [0.15, 0.2) is 12.4 Å². The highest BCUT2D eigenvalue weighted by molar-refractivity contribution is 6.02. The number of anilines is 1. The average molecular weight is 476 g/mol. The van der Waals surface area contributed by atoms with Crippen LogP contribution in [-0.4, -0.2) is 66.3 Å². The predicted molar refractivity (Wildman–Crippen MR) is 127 cm³/mol. The molecule has 0 atom stereocenters. The third-order valence-electron chi connectivity index (χ3n) is 5.61. The number of amides is 3. The van der Waals surface area contributed by atoms with E-state index in [0.29, 0.717) is 31.9 Å². The molecule has 1 fully saturated rings. The van der Waals surface area contributed by atoms with E-state index < -0.39 is 12.6 Å². The minimum Gasteiger partial charge on any atom is -0.459 e. The van der Waals surface area contributed by atoms with Gasteiger partial charge in [-0.25, -0.2) is 4.79 Å². The smallest absolute Gasteiger partial charge is 0.340 e. The first-order valence-electron chi connectivity index (χ1n) is 11.2. The second-order valence-corrected chi connectivity index (χ2v) is 7.98. The van der Waals surface area contributed by atoms with Crippen LogP contribution < -0.4 is 5.32 Å². The van der Waals surface area contributed by atoms with Crippen molar-refractivity contribution >= 4 is 29.4 Å². The molecule has 3 aromatic rings. The Morgan fingerprint density at radius 3 is 2.23 bits per heavy atom. The van der Waals surface area contributed by atoms with Gasteiger partial charge in [0.1, 0.15) is 0 Å². The van der Waals surface area contributed by atoms with Crippen LogP contribution >= 0.6 is 0 Å². The molecule has 0 bridgehead atoms. The predicted octanol–water partition coefficient (Wildman–Crippen LogP) is 2.60. The highest BCUT2D eigenvalue weighted by Gasteiger charge is 2.27. The van der Waals surface area contributed by atoms with Crippen molar-refractivity contribution in [2.75, 3.05) is 38.1 Å². The van der Waals surface area contributed by atoms with Crippen LogP contribution in [0.2, 0.25) is 0 Å². The zero-order chi connectivity index (χ0) is 24.6. The molecule has 9 nitrogen and oxygen atoms in total. The van der Waals surface area contributed by atoms with Gasteiger partial charge in [-0.3, -0.25) is 14.4 Å². The summed E-state index contributed by atoms with van der Waals surface area (Å²) < 4.78 is 10.4. The molecule has 0 spiro atoms. The molecule has 1 saturated heterocycles. The SMILES string of the molecule is O=C(Cc1ccccc1)Nc1ccccc1C(=O)OCC(=O)N1CCN(C(=O)c2ccco2)CC1. The summed E-state index contributed by atoms with van der Waals surface area (Å²) in [4.78, 5) is 53.2. The van der Waals surface area contributed by atoms with Crippen LogP contribution in [0.25, 0.3) is 0 Å². The van der Waals surface area contributed by atoms with Gasteiger partial charge in [-0.05, 0) is 29.8 Å². The molecule has 1 aromatic heterocycles. The number of hydrogen-bond donors (Lipinski definition) is 1. The van der Waals surface area contributed by atoms with E-state index in [9.17, 15) is 19.2 Å². The Morgan fingerprint density at radius 1 is 0.829 bits per heavy atom. The first kappa shape index (κ1) is 23.7. The number of benzene rings is 2. The van der Waals surface area contributed by atoms with Gasteiger partial charge in [-0.2, -0.15) is 0 Å². The summed E-state index contributed by atoms with van der Waals surface area (Å²) in [6.45, 7) is 0.937. The van der Waals surface area contributed by atoms with E-state index in [1.54, 1.807) is 40.1 Å². The Balaban J connectivity index is 1.27. The van der Waals surface area contributed by atoms with E-state index in [4.69, 9.17) is 9.15 Å². The van der Waals surface area contributed by atoms with Crippen molar-refractivity contribution in [3.63, 3.8) is 0 Å². The molecule has 1 aliphatic heterocycles. The molecule has 180 valence electrons. The first-order valence-corrected chi connectivity index (χ1v) is 11.2. The van der Waals surface area contributed by atoms with Gasteiger partial charge in [0.2, 0.25) is 5.91 Å². The van der Waals surface area contributed by atoms with Crippen LogP contribution in [-0.2, 0) is 20.7 Å². The highest BCUT2D eigenvalue weighted by Crippen LogP contribution is 2.17. The molecule has 3 amide bonds. The van der Waals surface area contributed by atoms with E-state index in [-0.39, 0.29) is 35.5 Å². The van der Waals surface area contributed by atoms with Crippen molar-refractivity contribution in [1.29, 1.82) is 0 Å². The quantitative estimate of drug-likeness (QED) is 0.526. The summed E-state index contributed by atoms with van der Waals surface area (Å²) in [7, 11) is 0. The lowest BCUT2D eigenvalue weighted by atomic mass is 10.1. The summed E-state index contributed by atoms with van der Waals surface area (Å²) in [5.41, 5.74) is 1.33. The number of para-hydroxylation sites is 1. The number of nitrogens with zero attached hydrogens (tertiary/aromatic N) is 2. The maximum atomic E-state index is 12.7. The van der Waals surface area contributed by atoms with Crippen molar-refractivity contribution in [3.05, 3.63) is 89.9 Å². The molecule has 2 heterocycles. The lowest BCUT2D eigenvalue weighted by Gasteiger charge is -2.34. The Morgan fingerprint density at radius 2 is 1.51 bits per heavy atom. The molecule has 0 aliphatic carbocycles. The molecule has 1 N–H and O–H groups in total. The number of rotatable bonds is 7. The number of esters is 1. The normalized spacial score (nSPS) is 13.3. The summed E-state index contributed by atoms with van der Waals surface area (Å²) in [5.74, 6) is -1.29. The van der Waals surface area contributed by atoms with Crippen molar-refractivity contribution in [3.8, 4) is 0 Å². The summed E-state index contributed by atoms with van der Waals surface area (Å²) >= 11 is 0. The third-order valence-corrected chi connectivity index (χ3v) is 5.61. The second kappa shape index (κ2) is 11.1. The standard InChI is InChI=1S/C26H25N3O6/c30-23(17-19-7-2-1-3-8-19)27-21-10-5-4-9-20(21)26(33)35-18-24(31)28-12-14-29(15-13-28)25(32)22-11-6-16-34-22/h1-11,16H,12-15,17-18H2,(H,27,30). The molecule has 0 radical (unpaired) electrons. The Kier molecular flexibility index (Phi) is 7.57. The number of furan rings is 1. The Bertz CT molecular complexity index is 1180. The molecule has 1 aliphatic rings. The third kappa shape index (κ3) is 6.14. The van der Waals surface area contributed by atoms with Gasteiger partial charge in [-0.15, -0.1) is 0 Å². The van der Waals surface area contributed by atoms with E-state index in [0.717, 1.165) is 5.56 Å². The van der Waals surface area contributed by atoms with Crippen LogP contribution in [0.3, 0.4) is 0 Å². The number of piperazine rings is 1. The maximum absolute atomic E-state index is 12.7. The highest BCUT2D eigenvalue weighted by atomic mass is 16.5. The maximum Gasteiger partial charge on any atom is 0.340 e. The summed E-state index contributed by atoms with van der Waals surface area (Å²) in [5, 5.41) is 2.74. The van der Waals surface area contributed by atoms with Crippen molar-refractivity contribution < 1.29 is 28.3 Å². The first-order chi connectivity index (χ1) is 17.0. The molecule has 0 unspecified atom stereocenters. The van der Waals surface area contributed by atoms with Gasteiger partial charge in [0, 0.05) is 26.2 Å². The monoisotopic (exact) mass is 475 g/mol. The largest absolute Gasteiger partial charge is 0.459 e. The van der Waals surface area contributed by atoms with Crippen LogP contribution in [0, 0.1) is 0 Å². The summed E-state index contributed by atoms with van der Waals surface area (Å²) in [6, 6.07) is 19.0. The van der Waals surface area contributed by atoms with Crippen LogP contribution in [0.1, 0.15) is 26.5 Å². The van der Waals surface area contributed by atoms with Gasteiger partial charge in [0.25, 0.3) is 11.8 Å².